The second-order valence-corrected chi connectivity index (χ2v) is 5.87. The molecule has 0 spiro atoms. The summed E-state index contributed by atoms with van der Waals surface area (Å²) in [6.45, 7) is 4.63. The van der Waals surface area contributed by atoms with Crippen LogP contribution in [-0.2, 0) is 4.79 Å². The average molecular weight is 295 g/mol. The van der Waals surface area contributed by atoms with Crippen molar-refractivity contribution < 1.29 is 14.7 Å². The summed E-state index contributed by atoms with van der Waals surface area (Å²) in [5.74, 6) is -1.06. The van der Waals surface area contributed by atoms with Crippen molar-refractivity contribution in [3.63, 3.8) is 0 Å². The molecule has 1 saturated carbocycles. The monoisotopic (exact) mass is 295 g/mol. The number of nitrogens with zero attached hydrogens (tertiary/aromatic N) is 2. The molecule has 6 nitrogen and oxygen atoms in total. The number of carboxylic acid groups (broad SMARTS) is 1. The van der Waals surface area contributed by atoms with Crippen molar-refractivity contribution in [1.29, 1.82) is 5.26 Å². The molecule has 0 heterocycles. The van der Waals surface area contributed by atoms with Gasteiger partial charge in [0.05, 0.1) is 17.4 Å². The van der Waals surface area contributed by atoms with E-state index < -0.39 is 11.4 Å². The van der Waals surface area contributed by atoms with Crippen molar-refractivity contribution >= 4 is 12.0 Å². The van der Waals surface area contributed by atoms with Gasteiger partial charge in [-0.2, -0.15) is 5.26 Å². The zero-order chi connectivity index (χ0) is 15.9. The van der Waals surface area contributed by atoms with Gasteiger partial charge in [-0.15, -0.1) is 0 Å². The van der Waals surface area contributed by atoms with Crippen molar-refractivity contribution in [2.75, 3.05) is 19.6 Å². The third-order valence-corrected chi connectivity index (χ3v) is 4.23. The first-order chi connectivity index (χ1) is 9.95. The number of hydrogen-bond acceptors (Lipinski definition) is 3. The van der Waals surface area contributed by atoms with Crippen LogP contribution in [0.1, 0.15) is 46.0 Å². The summed E-state index contributed by atoms with van der Waals surface area (Å²) < 4.78 is 0. The maximum Gasteiger partial charge on any atom is 0.317 e. The van der Waals surface area contributed by atoms with E-state index in [1.165, 1.54) is 0 Å². The molecule has 0 aliphatic heterocycles. The Morgan fingerprint density at radius 2 is 2.00 bits per heavy atom. The van der Waals surface area contributed by atoms with Gasteiger partial charge in [0.15, 0.2) is 0 Å². The minimum Gasteiger partial charge on any atom is -0.481 e. The third-order valence-electron chi connectivity index (χ3n) is 4.23. The third kappa shape index (κ3) is 4.62. The summed E-state index contributed by atoms with van der Waals surface area (Å²) in [7, 11) is 0. The number of rotatable bonds is 6. The molecule has 1 aliphatic carbocycles. The zero-order valence-electron chi connectivity index (χ0n) is 12.9. The summed E-state index contributed by atoms with van der Waals surface area (Å²) in [6, 6.07) is 1.81. The highest BCUT2D eigenvalue weighted by Gasteiger charge is 2.40. The smallest absolute Gasteiger partial charge is 0.317 e. The Bertz CT molecular complexity index is 411. The van der Waals surface area contributed by atoms with Gasteiger partial charge in [-0.3, -0.25) is 4.79 Å². The lowest BCUT2D eigenvalue weighted by molar-refractivity contribution is -0.150. The standard InChI is InChI=1S/C15H25N3O3/c1-3-18(10-12(2)9-16)14(21)17-11-15(13(19)20)7-5-4-6-8-15/h12H,3-8,10-11H2,1-2H3,(H,17,21)(H,19,20). The second-order valence-electron chi connectivity index (χ2n) is 5.87. The van der Waals surface area contributed by atoms with E-state index in [4.69, 9.17) is 5.26 Å². The number of urea groups is 1. The van der Waals surface area contributed by atoms with Crippen LogP contribution in [0.4, 0.5) is 4.79 Å². The molecule has 1 fully saturated rings. The van der Waals surface area contributed by atoms with Crippen molar-refractivity contribution in [1.82, 2.24) is 10.2 Å². The van der Waals surface area contributed by atoms with Crippen molar-refractivity contribution in [2.24, 2.45) is 11.3 Å². The number of nitriles is 1. The van der Waals surface area contributed by atoms with Gasteiger partial charge >= 0.3 is 12.0 Å². The van der Waals surface area contributed by atoms with Gasteiger partial charge in [0.25, 0.3) is 0 Å². The van der Waals surface area contributed by atoms with Crippen molar-refractivity contribution in [3.05, 3.63) is 0 Å². The number of aliphatic carboxylic acids is 1. The molecule has 0 radical (unpaired) electrons. The van der Waals surface area contributed by atoms with Crippen LogP contribution in [0.2, 0.25) is 0 Å². The van der Waals surface area contributed by atoms with Gasteiger partial charge in [-0.1, -0.05) is 19.3 Å². The van der Waals surface area contributed by atoms with E-state index in [0.29, 0.717) is 25.9 Å². The van der Waals surface area contributed by atoms with Gasteiger partial charge in [-0.25, -0.2) is 4.79 Å². The molecule has 118 valence electrons. The molecule has 0 aromatic rings. The molecule has 0 aromatic heterocycles. The molecule has 0 aromatic carbocycles. The molecule has 2 amide bonds. The Labute approximate surface area is 126 Å². The highest BCUT2D eigenvalue weighted by atomic mass is 16.4. The Balaban J connectivity index is 2.60. The molecule has 2 N–H and O–H groups in total. The Morgan fingerprint density at radius 3 is 2.48 bits per heavy atom. The van der Waals surface area contributed by atoms with E-state index in [1.54, 1.807) is 11.8 Å². The highest BCUT2D eigenvalue weighted by Crippen LogP contribution is 2.36. The van der Waals surface area contributed by atoms with Gasteiger partial charge in [0.2, 0.25) is 0 Å². The number of hydrogen-bond donors (Lipinski definition) is 2. The predicted octanol–water partition coefficient (Wildman–Crippen LogP) is 2.21. The van der Waals surface area contributed by atoms with E-state index in [1.807, 2.05) is 6.92 Å². The summed E-state index contributed by atoms with van der Waals surface area (Å²) in [5, 5.41) is 21.0. The quantitative estimate of drug-likeness (QED) is 0.785. The van der Waals surface area contributed by atoms with E-state index in [9.17, 15) is 14.7 Å². The number of nitrogens with one attached hydrogen (secondary N) is 1. The summed E-state index contributed by atoms with van der Waals surface area (Å²) in [6.07, 6.45) is 4.08. The Hall–Kier alpha value is -1.77. The SMILES string of the molecule is CCN(CC(C)C#N)C(=O)NCC1(C(=O)O)CCCCC1. The largest absolute Gasteiger partial charge is 0.481 e. The first-order valence-electron chi connectivity index (χ1n) is 7.61. The van der Waals surface area contributed by atoms with Crippen LogP contribution in [0.15, 0.2) is 0 Å². The first kappa shape index (κ1) is 17.3. The van der Waals surface area contributed by atoms with Gasteiger partial charge in [-0.05, 0) is 26.7 Å². The summed E-state index contributed by atoms with van der Waals surface area (Å²) >= 11 is 0. The lowest BCUT2D eigenvalue weighted by atomic mass is 9.74. The van der Waals surface area contributed by atoms with Crippen LogP contribution < -0.4 is 5.32 Å². The van der Waals surface area contributed by atoms with Crippen molar-refractivity contribution in [3.8, 4) is 6.07 Å². The topological polar surface area (TPSA) is 93.4 Å². The van der Waals surface area contributed by atoms with E-state index in [0.717, 1.165) is 19.3 Å². The van der Waals surface area contributed by atoms with E-state index in [2.05, 4.69) is 11.4 Å². The number of carbonyl (C=O) groups is 2. The van der Waals surface area contributed by atoms with Crippen LogP contribution in [0.5, 0.6) is 0 Å². The van der Waals surface area contributed by atoms with Gasteiger partial charge < -0.3 is 15.3 Å². The van der Waals surface area contributed by atoms with Gasteiger partial charge in [0, 0.05) is 19.6 Å². The predicted molar refractivity (Wildman–Crippen MR) is 78.6 cm³/mol. The lowest BCUT2D eigenvalue weighted by Crippen LogP contribution is -2.49. The summed E-state index contributed by atoms with van der Waals surface area (Å²) in [4.78, 5) is 25.2. The minimum absolute atomic E-state index is 0.165. The lowest BCUT2D eigenvalue weighted by Gasteiger charge is -2.34. The Morgan fingerprint density at radius 1 is 1.38 bits per heavy atom. The molecular weight excluding hydrogens is 270 g/mol. The molecule has 21 heavy (non-hydrogen) atoms. The molecule has 1 atom stereocenters. The molecular formula is C15H25N3O3. The van der Waals surface area contributed by atoms with Gasteiger partial charge in [0.1, 0.15) is 0 Å². The normalized spacial score (nSPS) is 18.3. The zero-order valence-corrected chi connectivity index (χ0v) is 12.9. The molecule has 0 bridgehead atoms. The number of carboxylic acids is 1. The molecule has 0 saturated heterocycles. The van der Waals surface area contributed by atoms with Crippen LogP contribution in [-0.4, -0.2) is 41.6 Å². The second kappa shape index (κ2) is 7.87. The molecule has 1 unspecified atom stereocenters. The fourth-order valence-corrected chi connectivity index (χ4v) is 2.78. The fourth-order valence-electron chi connectivity index (χ4n) is 2.78. The van der Waals surface area contributed by atoms with Crippen LogP contribution in [0.25, 0.3) is 0 Å². The first-order valence-corrected chi connectivity index (χ1v) is 7.61. The Kier molecular flexibility index (Phi) is 6.47. The molecule has 6 heteroatoms. The van der Waals surface area contributed by atoms with Crippen LogP contribution in [0, 0.1) is 22.7 Å². The van der Waals surface area contributed by atoms with Crippen LogP contribution >= 0.6 is 0 Å². The fraction of sp³-hybridized carbons (Fsp3) is 0.800. The number of carbonyl (C=O) groups excluding carboxylic acids is 1. The molecule has 1 rings (SSSR count). The highest BCUT2D eigenvalue weighted by molar-refractivity contribution is 5.78. The van der Waals surface area contributed by atoms with E-state index in [-0.39, 0.29) is 18.5 Å². The van der Waals surface area contributed by atoms with E-state index >= 15 is 0 Å². The minimum atomic E-state index is -0.825. The average Bonchev–Trinajstić information content (AvgIpc) is 2.50. The summed E-state index contributed by atoms with van der Waals surface area (Å²) in [5.41, 5.74) is -0.825. The number of amides is 2. The molecule has 1 aliphatic rings. The van der Waals surface area contributed by atoms with Crippen molar-refractivity contribution in [2.45, 2.75) is 46.0 Å². The maximum absolute atomic E-state index is 12.1. The van der Waals surface area contributed by atoms with Crippen LogP contribution in [0.3, 0.4) is 0 Å². The maximum atomic E-state index is 12.1.